The lowest BCUT2D eigenvalue weighted by Crippen LogP contribution is -2.22. The molecule has 3 nitrogen and oxygen atoms in total. The van der Waals surface area contributed by atoms with Crippen LogP contribution in [0, 0.1) is 0 Å². The zero-order valence-electron chi connectivity index (χ0n) is 18.3. The van der Waals surface area contributed by atoms with Crippen molar-refractivity contribution in [2.75, 3.05) is 13.2 Å². The fourth-order valence-electron chi connectivity index (χ4n) is 3.53. The van der Waals surface area contributed by atoms with Crippen LogP contribution in [0.2, 0.25) is 0 Å². The highest BCUT2D eigenvalue weighted by Gasteiger charge is 2.21. The lowest BCUT2D eigenvalue weighted by atomic mass is 10.0. The molecule has 3 unspecified atom stereocenters. The van der Waals surface area contributed by atoms with Crippen LogP contribution >= 0.6 is 30.2 Å². The van der Waals surface area contributed by atoms with Gasteiger partial charge in [0.2, 0.25) is 11.2 Å². The summed E-state index contributed by atoms with van der Waals surface area (Å²) >= 11 is 11.8. The highest BCUT2D eigenvalue weighted by molar-refractivity contribution is 7.69. The van der Waals surface area contributed by atoms with E-state index in [1.807, 2.05) is 6.92 Å². The van der Waals surface area contributed by atoms with Crippen molar-refractivity contribution >= 4 is 30.2 Å². The van der Waals surface area contributed by atoms with Gasteiger partial charge in [0, 0.05) is 12.0 Å². The molecule has 0 aliphatic rings. The molecular weight excluding hydrogens is 414 g/mol. The molecule has 28 heavy (non-hydrogen) atoms. The normalized spacial score (nSPS) is 14.2. The van der Waals surface area contributed by atoms with E-state index in [1.54, 1.807) is 0 Å². The Hall–Kier alpha value is 0.600. The van der Waals surface area contributed by atoms with Gasteiger partial charge in [0.15, 0.2) is 0 Å². The molecule has 0 bridgehead atoms. The third kappa shape index (κ3) is 21.3. The summed E-state index contributed by atoms with van der Waals surface area (Å²) in [6, 6.07) is 0. The average Bonchev–Trinajstić information content (AvgIpc) is 2.66. The van der Waals surface area contributed by atoms with E-state index in [9.17, 15) is 4.57 Å². The molecule has 3 atom stereocenters. The first-order chi connectivity index (χ1) is 13.6. The van der Waals surface area contributed by atoms with Gasteiger partial charge in [0.1, 0.15) is 6.61 Å². The molecule has 0 fully saturated rings. The molecule has 0 heterocycles. The molecule has 0 aliphatic carbocycles. The van der Waals surface area contributed by atoms with Gasteiger partial charge < -0.3 is 4.74 Å². The molecule has 6 heteroatoms. The highest BCUT2D eigenvalue weighted by Crippen LogP contribution is 2.29. The van der Waals surface area contributed by atoms with Gasteiger partial charge in [0.25, 0.3) is 0 Å². The van der Waals surface area contributed by atoms with Crippen LogP contribution < -0.4 is 0 Å². The van der Waals surface area contributed by atoms with Crippen molar-refractivity contribution in [3.05, 3.63) is 0 Å². The van der Waals surface area contributed by atoms with Gasteiger partial charge in [-0.15, -0.1) is 16.1 Å². The van der Waals surface area contributed by atoms with Gasteiger partial charge in [-0.3, -0.25) is 0 Å². The lowest BCUT2D eigenvalue weighted by Gasteiger charge is -2.17. The predicted molar refractivity (Wildman–Crippen MR) is 124 cm³/mol. The third-order valence-electron chi connectivity index (χ3n) is 5.15. The summed E-state index contributed by atoms with van der Waals surface area (Å²) in [5.41, 5.74) is 0. The molecule has 0 N–H and O–H groups in total. The number of hydrogen-bond donors (Lipinski definition) is 0. The van der Waals surface area contributed by atoms with Crippen LogP contribution in [0.1, 0.15) is 117 Å². The van der Waals surface area contributed by atoms with E-state index in [1.165, 1.54) is 83.5 Å². The lowest BCUT2D eigenvalue weighted by molar-refractivity contribution is 0.0243. The average molecular weight is 458 g/mol. The highest BCUT2D eigenvalue weighted by atomic mass is 35.7. The molecule has 0 aromatic heterocycles. The van der Waals surface area contributed by atoms with E-state index in [0.29, 0.717) is 13.0 Å². The number of alkyl halides is 1. The summed E-state index contributed by atoms with van der Waals surface area (Å²) in [5, 5.41) is 0.0747. The molecule has 0 rings (SSSR count). The second kappa shape index (κ2) is 22.3. The monoisotopic (exact) mass is 457 g/mol. The molecule has 0 saturated heterocycles. The largest absolute Gasteiger partial charge is 0.633 e. The van der Waals surface area contributed by atoms with Gasteiger partial charge >= 0.3 is 7.38 Å². The van der Waals surface area contributed by atoms with Crippen LogP contribution in [0.4, 0.5) is 0 Å². The van der Waals surface area contributed by atoms with Gasteiger partial charge in [-0.05, 0) is 24.3 Å². The molecule has 0 amide bonds. The van der Waals surface area contributed by atoms with E-state index >= 15 is 0 Å². The van der Waals surface area contributed by atoms with Crippen LogP contribution in [-0.2, 0) is 13.8 Å². The van der Waals surface area contributed by atoms with Gasteiger partial charge in [-0.25, -0.2) is 0 Å². The second-order valence-corrected chi connectivity index (χ2v) is 9.93. The van der Waals surface area contributed by atoms with Crippen LogP contribution in [0.5, 0.6) is 0 Å². The molecule has 0 spiro atoms. The zero-order valence-corrected chi connectivity index (χ0v) is 20.7. The summed E-state index contributed by atoms with van der Waals surface area (Å²) in [6.07, 6.45) is 20.7. The SMILES string of the molecule is CCCCCCCCCCCCCCCCC(Cl)CC(CO[P+](=O)Cl)OCC. The van der Waals surface area contributed by atoms with Gasteiger partial charge in [-0.2, -0.15) is 0 Å². The topological polar surface area (TPSA) is 35.5 Å². The number of rotatable bonds is 22. The molecule has 0 aliphatic heterocycles. The van der Waals surface area contributed by atoms with Crippen molar-refractivity contribution < 1.29 is 13.8 Å². The first-order valence-corrected chi connectivity index (χ1v) is 14.1. The van der Waals surface area contributed by atoms with Gasteiger partial charge in [0.05, 0.1) is 6.10 Å². The molecular formula is C22H44Cl2O3P+. The second-order valence-electron chi connectivity index (χ2n) is 7.80. The Morgan fingerprint density at radius 1 is 0.786 bits per heavy atom. The number of hydrogen-bond acceptors (Lipinski definition) is 3. The molecule has 0 radical (unpaired) electrons. The fraction of sp³-hybridized carbons (Fsp3) is 1.00. The Morgan fingerprint density at radius 3 is 1.68 bits per heavy atom. The predicted octanol–water partition coefficient (Wildman–Crippen LogP) is 9.17. The maximum atomic E-state index is 10.9. The van der Waals surface area contributed by atoms with Crippen molar-refractivity contribution in [3.63, 3.8) is 0 Å². The van der Waals surface area contributed by atoms with Gasteiger partial charge in [-0.1, -0.05) is 96.8 Å². The quantitative estimate of drug-likeness (QED) is 0.0921. The molecule has 0 aromatic rings. The van der Waals surface area contributed by atoms with Crippen molar-refractivity contribution in [1.29, 1.82) is 0 Å². The summed E-state index contributed by atoms with van der Waals surface area (Å²) in [4.78, 5) is 0. The number of ether oxygens (including phenoxy) is 1. The Balaban J connectivity index is 3.43. The summed E-state index contributed by atoms with van der Waals surface area (Å²) in [7, 11) is -2.10. The van der Waals surface area contributed by atoms with Crippen LogP contribution in [0.15, 0.2) is 0 Å². The van der Waals surface area contributed by atoms with E-state index in [-0.39, 0.29) is 18.1 Å². The fourth-order valence-corrected chi connectivity index (χ4v) is 4.33. The van der Waals surface area contributed by atoms with Crippen LogP contribution in [-0.4, -0.2) is 24.7 Å². The van der Waals surface area contributed by atoms with Crippen LogP contribution in [0.25, 0.3) is 0 Å². The summed E-state index contributed by atoms with van der Waals surface area (Å²) in [5.74, 6) is 0. The van der Waals surface area contributed by atoms with E-state index in [4.69, 9.17) is 32.1 Å². The Labute approximate surface area is 185 Å². The van der Waals surface area contributed by atoms with Crippen molar-refractivity contribution in [2.24, 2.45) is 0 Å². The summed E-state index contributed by atoms with van der Waals surface area (Å²) in [6.45, 7) is 5.05. The van der Waals surface area contributed by atoms with Crippen molar-refractivity contribution in [3.8, 4) is 0 Å². The van der Waals surface area contributed by atoms with E-state index < -0.39 is 7.38 Å². The maximum Gasteiger partial charge on any atom is 0.633 e. The standard InChI is InChI=1S/C22H44Cl2O3P/c1-3-5-6-7-8-9-10-11-12-13-14-15-16-17-18-21(23)19-22(26-4-2)20-27-28(24)25/h21-22H,3-20H2,1-2H3/q+1. The third-order valence-corrected chi connectivity index (χ3v) is 6.20. The van der Waals surface area contributed by atoms with Crippen molar-refractivity contribution in [1.82, 2.24) is 0 Å². The number of unbranched alkanes of at least 4 members (excludes halogenated alkanes) is 13. The Kier molecular flexibility index (Phi) is 22.8. The Morgan fingerprint density at radius 2 is 1.25 bits per heavy atom. The van der Waals surface area contributed by atoms with Crippen LogP contribution in [0.3, 0.4) is 0 Å². The smallest absolute Gasteiger partial charge is 0.376 e. The first kappa shape index (κ1) is 28.6. The molecule has 0 saturated carbocycles. The minimum atomic E-state index is -2.10. The number of halogens is 2. The minimum absolute atomic E-state index is 0.0747. The maximum absolute atomic E-state index is 10.9. The first-order valence-electron chi connectivity index (χ1n) is 11.6. The zero-order chi connectivity index (χ0) is 20.9. The van der Waals surface area contributed by atoms with E-state index in [2.05, 4.69) is 6.92 Å². The Bertz CT molecular complexity index is 346. The molecule has 168 valence electrons. The van der Waals surface area contributed by atoms with Crippen molar-refractivity contribution in [2.45, 2.75) is 128 Å². The van der Waals surface area contributed by atoms with E-state index in [0.717, 1.165) is 12.8 Å². The summed E-state index contributed by atoms with van der Waals surface area (Å²) < 4.78 is 21.4. The molecule has 0 aromatic carbocycles. The minimum Gasteiger partial charge on any atom is -0.376 e.